The predicted octanol–water partition coefficient (Wildman–Crippen LogP) is 3.33. The number of hydrogen-bond acceptors (Lipinski definition) is 3. The molecule has 1 aliphatic carbocycles. The molecule has 2 rings (SSSR count). The molecule has 0 bridgehead atoms. The normalized spacial score (nSPS) is 15.6. The molecule has 0 spiro atoms. The Morgan fingerprint density at radius 2 is 2.17 bits per heavy atom. The molecule has 0 amide bonds. The largest absolute Gasteiger partial charge is 0.384 e. The van der Waals surface area contributed by atoms with Crippen LogP contribution in [0.1, 0.15) is 38.8 Å². The summed E-state index contributed by atoms with van der Waals surface area (Å²) in [6.07, 6.45) is 3.83. The number of hydrogen-bond donors (Lipinski definition) is 1. The van der Waals surface area contributed by atoms with Crippen molar-refractivity contribution in [2.24, 2.45) is 5.92 Å². The first-order chi connectivity index (χ1) is 8.56. The van der Waals surface area contributed by atoms with E-state index in [0.717, 1.165) is 35.8 Å². The van der Waals surface area contributed by atoms with Crippen molar-refractivity contribution < 1.29 is 0 Å². The zero-order chi connectivity index (χ0) is 13.1. The second-order valence-corrected chi connectivity index (χ2v) is 5.96. The Hall–Kier alpha value is -0.800. The number of rotatable bonds is 6. The van der Waals surface area contributed by atoms with Gasteiger partial charge in [-0.3, -0.25) is 4.90 Å². The number of anilines is 1. The summed E-state index contributed by atoms with van der Waals surface area (Å²) in [7, 11) is 0. The molecule has 2 N–H and O–H groups in total. The summed E-state index contributed by atoms with van der Waals surface area (Å²) >= 11 is 6.18. The van der Waals surface area contributed by atoms with Crippen LogP contribution in [0.15, 0.2) is 12.1 Å². The Labute approximate surface area is 114 Å². The minimum absolute atomic E-state index is 0.550. The molecule has 0 aliphatic heterocycles. The molecule has 0 saturated heterocycles. The quantitative estimate of drug-likeness (QED) is 0.860. The molecule has 1 aliphatic rings. The lowest BCUT2D eigenvalue weighted by atomic mass is 10.1. The summed E-state index contributed by atoms with van der Waals surface area (Å²) in [5, 5.41) is 0.722. The number of nitrogen functional groups attached to an aromatic ring is 1. The Kier molecular flexibility index (Phi) is 4.46. The molecule has 3 nitrogen and oxygen atoms in total. The predicted molar refractivity (Wildman–Crippen MR) is 76.5 cm³/mol. The standard InChI is InChI=1S/C14H22ClN3/c1-10(2)7-8-18(11-3-4-11)9-13-12(15)5-6-14(16)17-13/h5-6,10-11H,3-4,7-9H2,1-2H3,(H2,16,17). The molecule has 4 heteroatoms. The lowest BCUT2D eigenvalue weighted by Gasteiger charge is -2.23. The van der Waals surface area contributed by atoms with Gasteiger partial charge in [0, 0.05) is 12.6 Å². The molecule has 0 atom stereocenters. The van der Waals surface area contributed by atoms with E-state index in [1.54, 1.807) is 6.07 Å². The highest BCUT2D eigenvalue weighted by molar-refractivity contribution is 6.31. The average Bonchev–Trinajstić information content (AvgIpc) is 3.12. The first-order valence-electron chi connectivity index (χ1n) is 6.71. The van der Waals surface area contributed by atoms with Crippen molar-refractivity contribution in [2.45, 2.75) is 45.7 Å². The molecule has 0 radical (unpaired) electrons. The van der Waals surface area contributed by atoms with Gasteiger partial charge in [-0.2, -0.15) is 0 Å². The van der Waals surface area contributed by atoms with Gasteiger partial charge in [0.1, 0.15) is 5.82 Å². The van der Waals surface area contributed by atoms with Crippen molar-refractivity contribution in [2.75, 3.05) is 12.3 Å². The van der Waals surface area contributed by atoms with E-state index in [1.807, 2.05) is 6.07 Å². The maximum absolute atomic E-state index is 6.18. The maximum atomic E-state index is 6.18. The number of aromatic nitrogens is 1. The fourth-order valence-corrected chi connectivity index (χ4v) is 2.22. The van der Waals surface area contributed by atoms with Crippen LogP contribution in [0.4, 0.5) is 5.82 Å². The van der Waals surface area contributed by atoms with Crippen molar-refractivity contribution in [3.8, 4) is 0 Å². The first-order valence-corrected chi connectivity index (χ1v) is 7.09. The van der Waals surface area contributed by atoms with Crippen molar-refractivity contribution in [3.05, 3.63) is 22.8 Å². The summed E-state index contributed by atoms with van der Waals surface area (Å²) in [6, 6.07) is 4.32. The van der Waals surface area contributed by atoms with E-state index in [-0.39, 0.29) is 0 Å². The molecule has 100 valence electrons. The highest BCUT2D eigenvalue weighted by Crippen LogP contribution is 2.30. The smallest absolute Gasteiger partial charge is 0.123 e. The van der Waals surface area contributed by atoms with Gasteiger partial charge in [0.05, 0.1) is 10.7 Å². The average molecular weight is 268 g/mol. The fourth-order valence-electron chi connectivity index (χ4n) is 2.06. The first kappa shape index (κ1) is 13.6. The van der Waals surface area contributed by atoms with Crippen molar-refractivity contribution >= 4 is 17.4 Å². The minimum Gasteiger partial charge on any atom is -0.384 e. The molecule has 18 heavy (non-hydrogen) atoms. The monoisotopic (exact) mass is 267 g/mol. The molecule has 1 heterocycles. The van der Waals surface area contributed by atoms with Gasteiger partial charge >= 0.3 is 0 Å². The fraction of sp³-hybridized carbons (Fsp3) is 0.643. The maximum Gasteiger partial charge on any atom is 0.123 e. The van der Waals surface area contributed by atoms with Gasteiger partial charge in [-0.15, -0.1) is 0 Å². The summed E-state index contributed by atoms with van der Waals surface area (Å²) in [4.78, 5) is 6.85. The van der Waals surface area contributed by atoms with Gasteiger partial charge in [0.15, 0.2) is 0 Å². The van der Waals surface area contributed by atoms with Crippen LogP contribution in [0.2, 0.25) is 5.02 Å². The van der Waals surface area contributed by atoms with E-state index >= 15 is 0 Å². The van der Waals surface area contributed by atoms with Crippen molar-refractivity contribution in [1.82, 2.24) is 9.88 Å². The third-order valence-electron chi connectivity index (χ3n) is 3.35. The lowest BCUT2D eigenvalue weighted by Crippen LogP contribution is -2.28. The molecule has 1 fully saturated rings. The third kappa shape index (κ3) is 3.85. The van der Waals surface area contributed by atoms with Crippen LogP contribution in [-0.2, 0) is 6.54 Å². The number of halogens is 1. The van der Waals surface area contributed by atoms with E-state index in [4.69, 9.17) is 17.3 Å². The molecule has 0 aromatic carbocycles. The van der Waals surface area contributed by atoms with Crippen LogP contribution in [0.25, 0.3) is 0 Å². The molecule has 1 aromatic rings. The van der Waals surface area contributed by atoms with Crippen molar-refractivity contribution in [3.63, 3.8) is 0 Å². The zero-order valence-corrected chi connectivity index (χ0v) is 12.0. The molecule has 1 aromatic heterocycles. The van der Waals surface area contributed by atoms with Gasteiger partial charge < -0.3 is 5.73 Å². The third-order valence-corrected chi connectivity index (χ3v) is 3.69. The Bertz CT molecular complexity index is 402. The van der Waals surface area contributed by atoms with Crippen molar-refractivity contribution in [1.29, 1.82) is 0 Å². The molecular formula is C14H22ClN3. The van der Waals surface area contributed by atoms with E-state index in [1.165, 1.54) is 19.3 Å². The summed E-state index contributed by atoms with van der Waals surface area (Å²) in [6.45, 7) is 6.46. The van der Waals surface area contributed by atoms with Crippen LogP contribution < -0.4 is 5.73 Å². The van der Waals surface area contributed by atoms with E-state index in [9.17, 15) is 0 Å². The van der Waals surface area contributed by atoms with E-state index in [0.29, 0.717) is 5.82 Å². The molecule has 0 unspecified atom stereocenters. The summed E-state index contributed by atoms with van der Waals surface area (Å²) < 4.78 is 0. The number of nitrogens with two attached hydrogens (primary N) is 1. The van der Waals surface area contributed by atoms with Crippen LogP contribution >= 0.6 is 11.6 Å². The van der Waals surface area contributed by atoms with Crippen LogP contribution in [0.3, 0.4) is 0 Å². The second kappa shape index (κ2) is 5.89. The summed E-state index contributed by atoms with van der Waals surface area (Å²) in [5.41, 5.74) is 6.64. The number of nitrogens with zero attached hydrogens (tertiary/aromatic N) is 2. The van der Waals surface area contributed by atoms with Gasteiger partial charge in [0.25, 0.3) is 0 Å². The SMILES string of the molecule is CC(C)CCN(Cc1nc(N)ccc1Cl)C1CC1. The van der Waals surface area contributed by atoms with Gasteiger partial charge in [0.2, 0.25) is 0 Å². The second-order valence-electron chi connectivity index (χ2n) is 5.55. The van der Waals surface area contributed by atoms with Gasteiger partial charge in [-0.25, -0.2) is 4.98 Å². The van der Waals surface area contributed by atoms with Crippen LogP contribution in [-0.4, -0.2) is 22.5 Å². The molecule has 1 saturated carbocycles. The van der Waals surface area contributed by atoms with E-state index < -0.39 is 0 Å². The Balaban J connectivity index is 2.01. The Morgan fingerprint density at radius 1 is 1.44 bits per heavy atom. The topological polar surface area (TPSA) is 42.2 Å². The highest BCUT2D eigenvalue weighted by atomic mass is 35.5. The van der Waals surface area contributed by atoms with Gasteiger partial charge in [-0.05, 0) is 43.9 Å². The van der Waals surface area contributed by atoms with Crippen LogP contribution in [0, 0.1) is 5.92 Å². The van der Waals surface area contributed by atoms with Crippen LogP contribution in [0.5, 0.6) is 0 Å². The number of pyridine rings is 1. The summed E-state index contributed by atoms with van der Waals surface area (Å²) in [5.74, 6) is 1.28. The van der Waals surface area contributed by atoms with E-state index in [2.05, 4.69) is 23.7 Å². The van der Waals surface area contributed by atoms with Gasteiger partial charge in [-0.1, -0.05) is 25.4 Å². The lowest BCUT2D eigenvalue weighted by molar-refractivity contribution is 0.237. The zero-order valence-electron chi connectivity index (χ0n) is 11.2. The highest BCUT2D eigenvalue weighted by Gasteiger charge is 2.29. The Morgan fingerprint density at radius 3 is 2.78 bits per heavy atom. The minimum atomic E-state index is 0.550. The molecular weight excluding hydrogens is 246 g/mol.